The van der Waals surface area contributed by atoms with Gasteiger partial charge in [-0.2, -0.15) is 0 Å². The Hall–Kier alpha value is -3.08. The smallest absolute Gasteiger partial charge is 0.315 e. The van der Waals surface area contributed by atoms with Crippen LogP contribution in [0.1, 0.15) is 99.3 Å². The Bertz CT molecular complexity index is 1300. The largest absolute Gasteiger partial charge is 0.363 e. The number of nitrogens with two attached hydrogens (primary N) is 1. The van der Waals surface area contributed by atoms with Crippen molar-refractivity contribution in [3.05, 3.63) is 30.3 Å². The molecule has 1 aromatic carbocycles. The van der Waals surface area contributed by atoms with E-state index in [9.17, 15) is 24.0 Å². The molecule has 1 aliphatic heterocycles. The predicted octanol–water partition coefficient (Wildman–Crippen LogP) is 4.80. The van der Waals surface area contributed by atoms with Gasteiger partial charge in [0.1, 0.15) is 12.1 Å². The summed E-state index contributed by atoms with van der Waals surface area (Å²) >= 11 is 1.73. The third kappa shape index (κ3) is 9.74. The van der Waals surface area contributed by atoms with Gasteiger partial charge in [-0.3, -0.25) is 19.2 Å². The van der Waals surface area contributed by atoms with Gasteiger partial charge in [0.2, 0.25) is 17.6 Å². The number of nitrogens with zero attached hydrogens (tertiary/aromatic N) is 1. The SMILES string of the molecule is CC1CN(C(=O)[C@@H](NC(=O)NC2(CSc3ccccc3)CCCCC2)C(C)(C)C)[C@H](C(=O)NC(CC2CC2)C(=O)C(N)=O)CC1(C)C. The highest BCUT2D eigenvalue weighted by Gasteiger charge is 2.48. The zero-order chi connectivity index (χ0) is 34.6. The van der Waals surface area contributed by atoms with E-state index >= 15 is 0 Å². The molecular weight excluding hydrogens is 614 g/mol. The summed E-state index contributed by atoms with van der Waals surface area (Å²) in [7, 11) is 0. The summed E-state index contributed by atoms with van der Waals surface area (Å²) in [5.41, 5.74) is 3.99. The Morgan fingerprint density at radius 3 is 2.21 bits per heavy atom. The summed E-state index contributed by atoms with van der Waals surface area (Å²) in [5.74, 6) is -1.66. The zero-order valence-corrected chi connectivity index (χ0v) is 29.8. The van der Waals surface area contributed by atoms with Crippen molar-refractivity contribution in [3.8, 4) is 0 Å². The molecule has 0 spiro atoms. The molecule has 1 saturated heterocycles. The second-order valence-corrected chi connectivity index (χ2v) is 17.0. The molecular formula is C36H55N5O5S. The monoisotopic (exact) mass is 669 g/mol. The van der Waals surface area contributed by atoms with Crippen LogP contribution in [0, 0.1) is 22.7 Å². The molecule has 1 aromatic rings. The molecule has 47 heavy (non-hydrogen) atoms. The van der Waals surface area contributed by atoms with Crippen LogP contribution < -0.4 is 21.7 Å². The average Bonchev–Trinajstić information content (AvgIpc) is 3.83. The third-order valence-corrected chi connectivity index (χ3v) is 11.8. The van der Waals surface area contributed by atoms with Gasteiger partial charge in [0.15, 0.2) is 0 Å². The van der Waals surface area contributed by atoms with Crippen molar-refractivity contribution in [2.45, 2.75) is 128 Å². The van der Waals surface area contributed by atoms with Gasteiger partial charge < -0.3 is 26.6 Å². The molecule has 0 aromatic heterocycles. The molecule has 5 N–H and O–H groups in total. The summed E-state index contributed by atoms with van der Waals surface area (Å²) in [5, 5.41) is 9.12. The Labute approximate surface area is 284 Å². The van der Waals surface area contributed by atoms with Gasteiger partial charge in [0.25, 0.3) is 5.91 Å². The summed E-state index contributed by atoms with van der Waals surface area (Å²) in [6.45, 7) is 12.2. The van der Waals surface area contributed by atoms with E-state index in [0.29, 0.717) is 19.4 Å². The lowest BCUT2D eigenvalue weighted by Gasteiger charge is -2.49. The third-order valence-electron chi connectivity index (χ3n) is 10.5. The van der Waals surface area contributed by atoms with Crippen LogP contribution in [0.25, 0.3) is 0 Å². The number of rotatable bonds is 12. The number of piperidine rings is 1. The zero-order valence-electron chi connectivity index (χ0n) is 29.0. The number of Topliss-reactive ketones (excluding diaryl/α,β-unsaturated/α-hetero) is 1. The van der Waals surface area contributed by atoms with Gasteiger partial charge >= 0.3 is 6.03 Å². The minimum atomic E-state index is -1.08. The minimum absolute atomic E-state index is 0.0694. The predicted molar refractivity (Wildman–Crippen MR) is 184 cm³/mol. The number of thioether (sulfide) groups is 1. The van der Waals surface area contributed by atoms with Crippen LogP contribution in [0.3, 0.4) is 0 Å². The van der Waals surface area contributed by atoms with Gasteiger partial charge in [-0.25, -0.2) is 4.79 Å². The number of carbonyl (C=O) groups is 5. The fourth-order valence-electron chi connectivity index (χ4n) is 6.81. The minimum Gasteiger partial charge on any atom is -0.363 e. The molecule has 3 aliphatic rings. The van der Waals surface area contributed by atoms with Crippen LogP contribution in [-0.2, 0) is 19.2 Å². The first-order valence-electron chi connectivity index (χ1n) is 17.2. The topological polar surface area (TPSA) is 151 Å². The molecule has 4 rings (SSSR count). The molecule has 0 radical (unpaired) electrons. The first-order chi connectivity index (χ1) is 22.0. The quantitative estimate of drug-likeness (QED) is 0.186. The molecule has 0 bridgehead atoms. The number of hydrogen-bond acceptors (Lipinski definition) is 6. The maximum Gasteiger partial charge on any atom is 0.315 e. The molecule has 5 amide bonds. The highest BCUT2D eigenvalue weighted by Crippen LogP contribution is 2.40. The van der Waals surface area contributed by atoms with Gasteiger partial charge in [-0.1, -0.05) is 91.8 Å². The lowest BCUT2D eigenvalue weighted by atomic mass is 9.71. The van der Waals surface area contributed by atoms with Gasteiger partial charge in [0, 0.05) is 17.2 Å². The molecule has 10 nitrogen and oxygen atoms in total. The molecule has 260 valence electrons. The molecule has 4 atom stereocenters. The van der Waals surface area contributed by atoms with E-state index < -0.39 is 52.7 Å². The van der Waals surface area contributed by atoms with E-state index in [4.69, 9.17) is 5.73 Å². The average molecular weight is 670 g/mol. The number of nitrogens with one attached hydrogen (secondary N) is 3. The van der Waals surface area contributed by atoms with Crippen molar-refractivity contribution < 1.29 is 24.0 Å². The second-order valence-electron chi connectivity index (χ2n) is 15.9. The number of carbonyl (C=O) groups excluding carboxylic acids is 5. The van der Waals surface area contributed by atoms with Crippen LogP contribution >= 0.6 is 11.8 Å². The normalized spacial score (nSPS) is 23.6. The number of primary amides is 1. The fourth-order valence-corrected chi connectivity index (χ4v) is 7.96. The second kappa shape index (κ2) is 15.0. The van der Waals surface area contributed by atoms with E-state index in [2.05, 4.69) is 48.9 Å². The van der Waals surface area contributed by atoms with Crippen molar-refractivity contribution in [1.82, 2.24) is 20.9 Å². The van der Waals surface area contributed by atoms with Crippen molar-refractivity contribution >= 4 is 41.3 Å². The van der Waals surface area contributed by atoms with Crippen LogP contribution in [0.4, 0.5) is 4.79 Å². The van der Waals surface area contributed by atoms with E-state index in [1.807, 2.05) is 39.0 Å². The Morgan fingerprint density at radius 2 is 1.64 bits per heavy atom. The molecule has 11 heteroatoms. The standard InChI is InChI=1S/C36H55N5O5S/c1-23-21-41(27(20-35(23,5)6)31(44)38-26(19-24-15-16-24)28(42)30(37)43)32(45)29(34(2,3)4)39-33(46)40-36(17-11-8-12-18-36)22-47-25-13-9-7-10-14-25/h7,9-10,13-14,23-24,26-27,29H,8,11-12,15-22H2,1-6H3,(H2,37,43)(H,38,44)(H2,39,40,46)/t23?,26?,27-,29+/m0/s1. The number of amides is 5. The van der Waals surface area contributed by atoms with Crippen molar-refractivity contribution in [2.24, 2.45) is 28.4 Å². The highest BCUT2D eigenvalue weighted by molar-refractivity contribution is 7.99. The van der Waals surface area contributed by atoms with Crippen LogP contribution in [0.2, 0.25) is 0 Å². The van der Waals surface area contributed by atoms with E-state index in [1.54, 1.807) is 16.7 Å². The first-order valence-corrected chi connectivity index (χ1v) is 18.2. The van der Waals surface area contributed by atoms with Gasteiger partial charge in [-0.15, -0.1) is 11.8 Å². The number of hydrogen-bond donors (Lipinski definition) is 4. The lowest BCUT2D eigenvalue weighted by molar-refractivity contribution is -0.151. The summed E-state index contributed by atoms with van der Waals surface area (Å²) < 4.78 is 0. The Morgan fingerprint density at radius 1 is 1.00 bits per heavy atom. The molecule has 2 aliphatic carbocycles. The molecule has 1 heterocycles. The lowest BCUT2D eigenvalue weighted by Crippen LogP contribution is -2.66. The molecule has 3 fully saturated rings. The maximum atomic E-state index is 14.5. The Kier molecular flexibility index (Phi) is 11.7. The van der Waals surface area contributed by atoms with Crippen molar-refractivity contribution in [1.29, 1.82) is 0 Å². The maximum absolute atomic E-state index is 14.5. The number of urea groups is 1. The summed E-state index contributed by atoms with van der Waals surface area (Å²) in [4.78, 5) is 69.4. The van der Waals surface area contributed by atoms with E-state index in [1.165, 1.54) is 0 Å². The number of likely N-dealkylation sites (tertiary alicyclic amines) is 1. The molecule has 2 unspecified atom stereocenters. The number of benzene rings is 1. The number of ketones is 1. The van der Waals surface area contributed by atoms with Crippen LogP contribution in [0.5, 0.6) is 0 Å². The van der Waals surface area contributed by atoms with E-state index in [0.717, 1.165) is 55.6 Å². The first kappa shape index (κ1) is 36.8. The van der Waals surface area contributed by atoms with Gasteiger partial charge in [-0.05, 0) is 60.5 Å². The van der Waals surface area contributed by atoms with Crippen molar-refractivity contribution in [3.63, 3.8) is 0 Å². The fraction of sp³-hybridized carbons (Fsp3) is 0.694. The Balaban J connectivity index is 1.53. The molecule has 2 saturated carbocycles. The van der Waals surface area contributed by atoms with Gasteiger partial charge in [0.05, 0.1) is 11.6 Å². The van der Waals surface area contributed by atoms with Crippen molar-refractivity contribution in [2.75, 3.05) is 12.3 Å². The van der Waals surface area contributed by atoms with Crippen LogP contribution in [-0.4, -0.2) is 70.4 Å². The van der Waals surface area contributed by atoms with Crippen LogP contribution in [0.15, 0.2) is 35.2 Å². The van der Waals surface area contributed by atoms with E-state index in [-0.39, 0.29) is 23.2 Å². The highest BCUT2D eigenvalue weighted by atomic mass is 32.2. The summed E-state index contributed by atoms with van der Waals surface area (Å²) in [6.07, 6.45) is 7.49. The summed E-state index contributed by atoms with van der Waals surface area (Å²) in [6, 6.07) is 6.94.